The number of carbonyl (C=O) groups excluding carboxylic acids is 1. The van der Waals surface area contributed by atoms with Crippen molar-refractivity contribution in [2.45, 2.75) is 45.7 Å². The van der Waals surface area contributed by atoms with Gasteiger partial charge in [-0.2, -0.15) is 0 Å². The van der Waals surface area contributed by atoms with Gasteiger partial charge in [0.1, 0.15) is 5.75 Å². The first-order valence-electron chi connectivity index (χ1n) is 11.3. The van der Waals surface area contributed by atoms with E-state index in [-0.39, 0.29) is 42.0 Å². The molecule has 0 radical (unpaired) electrons. The number of guanidine groups is 1. The van der Waals surface area contributed by atoms with Crippen molar-refractivity contribution in [1.82, 2.24) is 20.9 Å². The molecule has 1 fully saturated rings. The molecule has 1 aliphatic heterocycles. The molecule has 0 bridgehead atoms. The van der Waals surface area contributed by atoms with E-state index in [4.69, 9.17) is 14.5 Å². The fraction of sp³-hybridized carbons (Fsp3) is 0.652. The van der Waals surface area contributed by atoms with Crippen LogP contribution in [0.4, 0.5) is 0 Å². The van der Waals surface area contributed by atoms with Gasteiger partial charge in [-0.3, -0.25) is 14.7 Å². The number of rotatable bonds is 11. The Labute approximate surface area is 209 Å². The molecular weight excluding hydrogens is 521 g/mol. The summed E-state index contributed by atoms with van der Waals surface area (Å²) in [6, 6.07) is 8.55. The number of amides is 1. The summed E-state index contributed by atoms with van der Waals surface area (Å²) >= 11 is 0. The van der Waals surface area contributed by atoms with E-state index in [1.165, 1.54) is 5.56 Å². The van der Waals surface area contributed by atoms with Gasteiger partial charge in [0.25, 0.3) is 0 Å². The van der Waals surface area contributed by atoms with Crippen molar-refractivity contribution in [1.29, 1.82) is 0 Å². The van der Waals surface area contributed by atoms with E-state index in [0.29, 0.717) is 19.5 Å². The third kappa shape index (κ3) is 9.91. The predicted octanol–water partition coefficient (Wildman–Crippen LogP) is 2.55. The largest absolute Gasteiger partial charge is 0.497 e. The van der Waals surface area contributed by atoms with E-state index < -0.39 is 0 Å². The molecule has 1 aliphatic rings. The molecular formula is C23H40IN5O3. The molecule has 2 rings (SSSR count). The Morgan fingerprint density at radius 2 is 1.88 bits per heavy atom. The van der Waals surface area contributed by atoms with Crippen molar-refractivity contribution < 1.29 is 14.3 Å². The smallest absolute Gasteiger partial charge is 0.221 e. The fourth-order valence-electron chi connectivity index (χ4n) is 3.41. The summed E-state index contributed by atoms with van der Waals surface area (Å²) in [6.07, 6.45) is 1.34. The second-order valence-corrected chi connectivity index (χ2v) is 7.71. The highest BCUT2D eigenvalue weighted by atomic mass is 127. The number of nitrogens with one attached hydrogen (secondary N) is 3. The van der Waals surface area contributed by atoms with Crippen molar-refractivity contribution in [3.8, 4) is 5.75 Å². The number of nitrogens with zero attached hydrogens (tertiary/aromatic N) is 2. The van der Waals surface area contributed by atoms with Crippen LogP contribution in [0.25, 0.3) is 0 Å². The van der Waals surface area contributed by atoms with E-state index in [0.717, 1.165) is 51.0 Å². The average Bonchev–Trinajstić information content (AvgIpc) is 2.80. The van der Waals surface area contributed by atoms with Crippen LogP contribution in [-0.4, -0.2) is 75.9 Å². The normalized spacial score (nSPS) is 16.4. The number of morpholine rings is 1. The number of ether oxygens (including phenoxy) is 2. The highest BCUT2D eigenvalue weighted by molar-refractivity contribution is 14.0. The molecule has 1 aromatic carbocycles. The van der Waals surface area contributed by atoms with Gasteiger partial charge in [0.15, 0.2) is 5.96 Å². The number of aliphatic imine (C=N–C) groups is 1. The quantitative estimate of drug-likeness (QED) is 0.219. The van der Waals surface area contributed by atoms with Crippen LogP contribution in [0.1, 0.15) is 45.2 Å². The summed E-state index contributed by atoms with van der Waals surface area (Å²) in [5.41, 5.74) is 1.20. The van der Waals surface area contributed by atoms with Crippen LogP contribution < -0.4 is 20.7 Å². The zero-order valence-electron chi connectivity index (χ0n) is 19.9. The summed E-state index contributed by atoms with van der Waals surface area (Å²) in [5.74, 6) is 1.63. The number of methoxy groups -OCH3 is 1. The molecule has 0 aliphatic carbocycles. The number of hydrogen-bond donors (Lipinski definition) is 3. The molecule has 2 unspecified atom stereocenters. The molecule has 0 spiro atoms. The Morgan fingerprint density at radius 1 is 1.19 bits per heavy atom. The lowest BCUT2D eigenvalue weighted by Crippen LogP contribution is -2.42. The van der Waals surface area contributed by atoms with E-state index in [2.05, 4.69) is 39.9 Å². The van der Waals surface area contributed by atoms with Gasteiger partial charge in [0, 0.05) is 38.6 Å². The third-order valence-corrected chi connectivity index (χ3v) is 5.42. The maximum atomic E-state index is 12.0. The third-order valence-electron chi connectivity index (χ3n) is 5.42. The lowest BCUT2D eigenvalue weighted by molar-refractivity contribution is -0.121. The van der Waals surface area contributed by atoms with Crippen LogP contribution in [0.5, 0.6) is 5.75 Å². The number of benzene rings is 1. The molecule has 32 heavy (non-hydrogen) atoms. The minimum atomic E-state index is 0. The highest BCUT2D eigenvalue weighted by Gasteiger charge is 2.22. The Kier molecular flexibility index (Phi) is 14.3. The van der Waals surface area contributed by atoms with Crippen molar-refractivity contribution in [3.05, 3.63) is 29.8 Å². The molecule has 182 valence electrons. The topological polar surface area (TPSA) is 87.2 Å². The second kappa shape index (κ2) is 16.1. The van der Waals surface area contributed by atoms with E-state index >= 15 is 0 Å². The van der Waals surface area contributed by atoms with Crippen molar-refractivity contribution in [2.75, 3.05) is 53.0 Å². The van der Waals surface area contributed by atoms with Crippen molar-refractivity contribution >= 4 is 35.8 Å². The molecule has 8 nitrogen and oxygen atoms in total. The molecule has 3 N–H and O–H groups in total. The summed E-state index contributed by atoms with van der Waals surface area (Å²) in [7, 11) is 1.68. The van der Waals surface area contributed by atoms with Crippen molar-refractivity contribution in [2.24, 2.45) is 4.99 Å². The van der Waals surface area contributed by atoms with E-state index in [1.54, 1.807) is 7.11 Å². The predicted molar refractivity (Wildman–Crippen MR) is 140 cm³/mol. The maximum Gasteiger partial charge on any atom is 0.221 e. The minimum Gasteiger partial charge on any atom is -0.497 e. The van der Waals surface area contributed by atoms with Gasteiger partial charge in [-0.05, 0) is 38.0 Å². The van der Waals surface area contributed by atoms with Gasteiger partial charge < -0.3 is 25.4 Å². The first kappa shape index (κ1) is 28.4. The van der Waals surface area contributed by atoms with Crippen LogP contribution in [0, 0.1) is 0 Å². The number of carbonyl (C=O) groups is 1. The van der Waals surface area contributed by atoms with Crippen LogP contribution >= 0.6 is 24.0 Å². The molecule has 1 heterocycles. The van der Waals surface area contributed by atoms with Crippen LogP contribution in [0.3, 0.4) is 0 Å². The van der Waals surface area contributed by atoms with E-state index in [1.807, 2.05) is 26.0 Å². The van der Waals surface area contributed by atoms with Gasteiger partial charge in [-0.1, -0.05) is 19.1 Å². The summed E-state index contributed by atoms with van der Waals surface area (Å²) in [4.78, 5) is 19.3. The lowest BCUT2D eigenvalue weighted by atomic mass is 10.0. The zero-order chi connectivity index (χ0) is 22.5. The maximum absolute atomic E-state index is 12.0. The SMILES string of the molecule is CCNC(=NCC(c1ccc(OC)cc1)N1CCOCC1)NCCC(=O)NC(C)CC.I. The molecule has 9 heteroatoms. The van der Waals surface area contributed by atoms with Crippen molar-refractivity contribution in [3.63, 3.8) is 0 Å². The fourth-order valence-corrected chi connectivity index (χ4v) is 3.41. The van der Waals surface area contributed by atoms with E-state index in [9.17, 15) is 4.79 Å². The Bertz CT molecular complexity index is 681. The van der Waals surface area contributed by atoms with Gasteiger partial charge in [-0.15, -0.1) is 24.0 Å². The van der Waals surface area contributed by atoms with Gasteiger partial charge in [0.05, 0.1) is 32.9 Å². The highest BCUT2D eigenvalue weighted by Crippen LogP contribution is 2.24. The standard InChI is InChI=1S/C23H39N5O3.HI/c1-5-18(3)27-22(29)11-12-25-23(24-6-2)26-17-21(28-13-15-31-16-14-28)19-7-9-20(30-4)10-8-19;/h7-10,18,21H,5-6,11-17H2,1-4H3,(H,27,29)(H2,24,25,26);1H. The second-order valence-electron chi connectivity index (χ2n) is 7.71. The van der Waals surface area contributed by atoms with Gasteiger partial charge >= 0.3 is 0 Å². The Hall–Kier alpha value is -1.59. The lowest BCUT2D eigenvalue weighted by Gasteiger charge is -2.34. The van der Waals surface area contributed by atoms with Gasteiger partial charge in [-0.25, -0.2) is 0 Å². The zero-order valence-corrected chi connectivity index (χ0v) is 22.2. The molecule has 0 aromatic heterocycles. The van der Waals surface area contributed by atoms with Gasteiger partial charge in [0.2, 0.25) is 5.91 Å². The minimum absolute atomic E-state index is 0. The monoisotopic (exact) mass is 561 g/mol. The van der Waals surface area contributed by atoms with Crippen LogP contribution in [0.2, 0.25) is 0 Å². The van der Waals surface area contributed by atoms with Crippen LogP contribution in [0.15, 0.2) is 29.3 Å². The van der Waals surface area contributed by atoms with Crippen LogP contribution in [-0.2, 0) is 9.53 Å². The summed E-state index contributed by atoms with van der Waals surface area (Å²) in [5, 5.41) is 9.56. The molecule has 1 aromatic rings. The Morgan fingerprint density at radius 3 is 2.47 bits per heavy atom. The first-order chi connectivity index (χ1) is 15.1. The molecule has 0 saturated carbocycles. The molecule has 1 saturated heterocycles. The average molecular weight is 562 g/mol. The summed E-state index contributed by atoms with van der Waals surface area (Å²) < 4.78 is 10.8. The number of hydrogen-bond acceptors (Lipinski definition) is 5. The molecule has 1 amide bonds. The molecule has 2 atom stereocenters. The number of halogens is 1. The summed E-state index contributed by atoms with van der Waals surface area (Å²) in [6.45, 7) is 11.3. The Balaban J connectivity index is 0.00000512. The first-order valence-corrected chi connectivity index (χ1v) is 11.3.